The fraction of sp³-hybridized carbons (Fsp3) is 0.250. The molecule has 0 spiro atoms. The third kappa shape index (κ3) is 32.7. The minimum absolute atomic E-state index is 0.0596. The molecule has 13 rings (SSSR count). The van der Waals surface area contributed by atoms with Gasteiger partial charge >= 0.3 is 35.8 Å². The number of carboxylic acid groups (broad SMARTS) is 6. The quantitative estimate of drug-likeness (QED) is 0.00799. The average Bonchev–Trinajstić information content (AvgIpc) is 1.67. The lowest BCUT2D eigenvalue weighted by Gasteiger charge is -2.15. The Morgan fingerprint density at radius 2 is 0.838 bits per heavy atom. The zero-order chi connectivity index (χ0) is 95.8. The second-order valence-corrected chi connectivity index (χ2v) is 37.6. The summed E-state index contributed by atoms with van der Waals surface area (Å²) in [5.74, 6) is -2.26. The third-order valence-corrected chi connectivity index (χ3v) is 25.3. The third-order valence-electron chi connectivity index (χ3n) is 15.9. The first kappa shape index (κ1) is 103. The molecule has 0 saturated carbocycles. The van der Waals surface area contributed by atoms with Crippen LogP contribution in [0, 0.1) is 24.2 Å². The highest BCUT2D eigenvalue weighted by Gasteiger charge is 2.27. The van der Waals surface area contributed by atoms with Crippen molar-refractivity contribution >= 4 is 162 Å². The number of rotatable bonds is 33. The maximum Gasteiger partial charge on any atom is 0.328 e. The Hall–Kier alpha value is -14.6. The zero-order valence-electron chi connectivity index (χ0n) is 67.6. The van der Waals surface area contributed by atoms with Crippen LogP contribution in [0.3, 0.4) is 0 Å². The van der Waals surface area contributed by atoms with Crippen LogP contribution in [0.1, 0.15) is 68.0 Å². The molecule has 0 amide bonds. The summed E-state index contributed by atoms with van der Waals surface area (Å²) < 4.78 is 118. The fourth-order valence-corrected chi connectivity index (χ4v) is 16.9. The number of hydrogen-bond donors (Lipinski definition) is 10. The molecule has 130 heavy (non-hydrogen) atoms. The number of azide groups is 3. The van der Waals surface area contributed by atoms with Crippen LogP contribution in [0.4, 0.5) is 0 Å². The van der Waals surface area contributed by atoms with Crippen molar-refractivity contribution in [3.8, 4) is 35.3 Å². The summed E-state index contributed by atoms with van der Waals surface area (Å²) in [7, 11) is -15.3. The van der Waals surface area contributed by atoms with E-state index in [0.29, 0.717) is 80.9 Å². The normalized spacial score (nSPS) is 11.9. The van der Waals surface area contributed by atoms with Gasteiger partial charge < -0.3 is 49.6 Å². The van der Waals surface area contributed by atoms with E-state index in [1.165, 1.54) is 32.6 Å². The summed E-state index contributed by atoms with van der Waals surface area (Å²) in [5, 5.41) is 105. The predicted octanol–water partition coefficient (Wildman–Crippen LogP) is 8.31. The van der Waals surface area contributed by atoms with Crippen molar-refractivity contribution in [2.75, 3.05) is 13.2 Å². The Balaban J connectivity index is 0.000000217. The topological polar surface area (TPSA) is 791 Å². The van der Waals surface area contributed by atoms with Crippen LogP contribution in [0.15, 0.2) is 185 Å². The van der Waals surface area contributed by atoms with Crippen molar-refractivity contribution in [3.63, 3.8) is 0 Å². The number of aliphatic carboxylic acids is 6. The Morgan fingerprint density at radius 3 is 1.15 bits per heavy atom. The number of hydrogen-bond acceptors (Lipinski definition) is 35. The van der Waals surface area contributed by atoms with Gasteiger partial charge in [0.2, 0.25) is 17.4 Å². The first-order valence-corrected chi connectivity index (χ1v) is 45.7. The second kappa shape index (κ2) is 47.9. The van der Waals surface area contributed by atoms with Crippen molar-refractivity contribution in [2.45, 2.75) is 108 Å². The van der Waals surface area contributed by atoms with E-state index in [4.69, 9.17) is 82.9 Å². The number of carboxylic acids is 6. The van der Waals surface area contributed by atoms with Crippen molar-refractivity contribution in [2.24, 2.45) is 47.7 Å². The van der Waals surface area contributed by atoms with Crippen molar-refractivity contribution in [3.05, 3.63) is 212 Å². The molecule has 13 aromatic rings. The number of fused-ring (bicyclic) bond motifs is 4. The van der Waals surface area contributed by atoms with Gasteiger partial charge in [0.15, 0.2) is 12.1 Å². The summed E-state index contributed by atoms with van der Waals surface area (Å²) in [6, 6.07) is 34.4. The zero-order valence-corrected chi connectivity index (χ0v) is 74.1. The fourth-order valence-electron chi connectivity index (χ4n) is 10.2. The van der Waals surface area contributed by atoms with E-state index in [2.05, 4.69) is 86.9 Å². The van der Waals surface area contributed by atoms with Gasteiger partial charge in [-0.3, -0.25) is 19.2 Å². The minimum atomic E-state index is -3.87. The molecule has 14 N–H and O–H groups in total. The standard InChI is InChI=1S/C19H17N5O5S2.C15H17N5O5S2.C12H11N5O5S2.C10H8N2O3S2.C9H9N3O2.C5H9N3O2.C2H3N3O2/c20-31(27,28)19-21-15-7-6-14(9-17(15)30-19)29-11-13-10-24(23-22-13)16(18(25)26)8-12-4-2-1-3-5-12;1-8(2)13(14(21)22)20-6-9(18-19-20)7-25-10-3-4-11-12(5-10)26-15(17-11)27(16,23)24;13-24(20,21)12-14-9-2-1-8(3-10(9)23-12)22-6-7-4-17(16-15-7)5-11(18)19;1-2-5-15-7-3-4-8-9(6-7)16-10(12-8)17(11,13)14;10-12-11-8(9(13)14)6-7-4-2-1-3-5-7;1-3(2)4(5(9)10)7-8-6;3-5-4-1-2(6)7/h1-7,9-10,16H,8,11H2,(H,25,26)(H2,20,27,28);3-6,8,13H,7H2,1-2H3,(H,21,22)(H2,16,23,24);1-4H,5-6H2,(H,18,19)(H2,13,20,21);1,3-4,6H,5H2,(H2,11,13,14);1-5,8H,6H2,(H,13,14);3-4H,1-2H3,(H,9,10);1H2,(H,6,7)/t16-;13-;;;8-;4-;/m00..00./s1. The Labute approximate surface area is 750 Å². The van der Waals surface area contributed by atoms with Gasteiger partial charge in [-0.15, -0.1) is 67.1 Å². The summed E-state index contributed by atoms with van der Waals surface area (Å²) >= 11 is 3.85. The van der Waals surface area contributed by atoms with Crippen LogP contribution in [-0.2, 0) is 108 Å². The van der Waals surface area contributed by atoms with Crippen LogP contribution in [0.25, 0.3) is 72.2 Å². The maximum absolute atomic E-state index is 11.7. The van der Waals surface area contributed by atoms with E-state index in [0.717, 1.165) is 56.5 Å². The molecule has 0 fully saturated rings. The number of primary sulfonamides is 4. The summed E-state index contributed by atoms with van der Waals surface area (Å²) in [6.07, 6.45) is 10.1. The van der Waals surface area contributed by atoms with Crippen molar-refractivity contribution < 1.29 is 112 Å². The van der Waals surface area contributed by atoms with Crippen LogP contribution in [0.2, 0.25) is 0 Å². The molecule has 58 heteroatoms. The predicted molar refractivity (Wildman–Crippen MR) is 465 cm³/mol. The summed E-state index contributed by atoms with van der Waals surface area (Å²) in [6.45, 7) is 6.58. The SMILES string of the molecule is C#CCOc1ccc2nc(S(N)(=O)=O)sc2c1.CC(C)[C@@H](C(=O)O)n1cc(COc2ccc3nc(S(N)(=O)=O)sc3c2)nn1.CC(C)[C@H](N=[N+]=[N-])C(=O)O.NS(=O)(=O)c1nc2ccc(OCc3cn(CC(=O)O)nn3)cc2s1.NS(=O)(=O)c1nc2ccc(OCc3cn([C@@H](Cc4ccccc4)C(=O)O)nn3)cc2s1.[N-]=[N+]=NCC(=O)O.[N-]=[N+]=N[C@@H](Cc1ccccc1)C(=O)O. The molecule has 0 unspecified atom stereocenters. The van der Waals surface area contributed by atoms with Gasteiger partial charge in [0.1, 0.15) is 91.7 Å². The molecule has 0 aliphatic heterocycles. The minimum Gasteiger partial charge on any atom is -0.487 e. The second-order valence-electron chi connectivity index (χ2n) is 26.5. The van der Waals surface area contributed by atoms with Crippen LogP contribution >= 0.6 is 45.3 Å². The van der Waals surface area contributed by atoms with Gasteiger partial charge in [0.05, 0.1) is 59.5 Å². The Morgan fingerprint density at radius 1 is 0.462 bits per heavy atom. The van der Waals surface area contributed by atoms with Crippen LogP contribution < -0.4 is 39.5 Å². The average molecular weight is 1940 g/mol. The van der Waals surface area contributed by atoms with E-state index in [1.807, 2.05) is 48.5 Å². The molecule has 0 saturated heterocycles. The molecule has 50 nitrogen and oxygen atoms in total. The molecule has 7 heterocycles. The lowest BCUT2D eigenvalue weighted by molar-refractivity contribution is -0.143. The van der Waals surface area contributed by atoms with Crippen molar-refractivity contribution in [1.29, 1.82) is 0 Å². The lowest BCUT2D eigenvalue weighted by atomic mass is 10.1. The molecule has 7 aromatic heterocycles. The lowest BCUT2D eigenvalue weighted by Crippen LogP contribution is -2.24. The first-order valence-electron chi connectivity index (χ1n) is 36.3. The molecule has 0 aliphatic carbocycles. The van der Waals surface area contributed by atoms with Crippen molar-refractivity contribution in [1.82, 2.24) is 64.9 Å². The Bertz CT molecular complexity index is 6860. The van der Waals surface area contributed by atoms with E-state index in [-0.39, 0.29) is 75.0 Å². The first-order chi connectivity index (χ1) is 61.3. The van der Waals surface area contributed by atoms with E-state index >= 15 is 0 Å². The van der Waals surface area contributed by atoms with Gasteiger partial charge in [-0.2, -0.15) is 0 Å². The number of sulfonamides is 4. The number of nitrogens with two attached hydrogens (primary N) is 4. The number of ether oxygens (including phenoxy) is 4. The molecule has 0 radical (unpaired) electrons. The number of thiazole rings is 4. The number of nitrogens with zero attached hydrogens (tertiary/aromatic N) is 22. The van der Waals surface area contributed by atoms with E-state index in [1.54, 1.807) is 113 Å². The number of aromatic nitrogens is 13. The van der Waals surface area contributed by atoms with E-state index < -0.39 is 107 Å². The molecular formula is C72H74N26O24S8. The van der Waals surface area contributed by atoms with Gasteiger partial charge in [-0.25, -0.2) is 97.8 Å². The van der Waals surface area contributed by atoms with Crippen LogP contribution in [0.5, 0.6) is 23.0 Å². The van der Waals surface area contributed by atoms with Gasteiger partial charge in [0, 0.05) is 21.2 Å². The number of terminal acetylenes is 1. The van der Waals surface area contributed by atoms with Gasteiger partial charge in [-0.05, 0) is 119 Å². The molecule has 4 atom stereocenters. The van der Waals surface area contributed by atoms with Gasteiger partial charge in [0.25, 0.3) is 40.1 Å². The molecule has 6 aromatic carbocycles. The molecular weight excluding hydrogens is 1870 g/mol. The summed E-state index contributed by atoms with van der Waals surface area (Å²) in [5.41, 5.74) is 28.8. The molecule has 0 aliphatic rings. The van der Waals surface area contributed by atoms with E-state index in [9.17, 15) is 72.7 Å². The number of benzene rings is 6. The Kier molecular flexibility index (Phi) is 37.7. The largest absolute Gasteiger partial charge is 0.487 e. The van der Waals surface area contributed by atoms with Gasteiger partial charge in [-0.1, -0.05) is 125 Å². The molecule has 684 valence electrons. The highest BCUT2D eigenvalue weighted by Crippen LogP contribution is 2.33. The highest BCUT2D eigenvalue weighted by atomic mass is 32.3. The monoisotopic (exact) mass is 1940 g/mol. The maximum atomic E-state index is 11.7. The molecule has 0 bridgehead atoms. The van der Waals surface area contributed by atoms with Crippen LogP contribution in [-0.4, -0.2) is 190 Å². The summed E-state index contributed by atoms with van der Waals surface area (Å²) in [4.78, 5) is 87.0. The smallest absolute Gasteiger partial charge is 0.328 e. The number of carbonyl (C=O) groups is 6. The highest BCUT2D eigenvalue weighted by molar-refractivity contribution is 7.92.